The zero-order chi connectivity index (χ0) is 12.2. The number of hydrogen-bond donors (Lipinski definition) is 1. The molecule has 0 amide bonds. The van der Waals surface area contributed by atoms with Gasteiger partial charge >= 0.3 is 0 Å². The zero-order valence-electron chi connectivity index (χ0n) is 11.7. The summed E-state index contributed by atoms with van der Waals surface area (Å²) in [6.07, 6.45) is 1.17. The van der Waals surface area contributed by atoms with E-state index in [-0.39, 0.29) is 17.9 Å². The summed E-state index contributed by atoms with van der Waals surface area (Å²) in [6, 6.07) is 10.6. The van der Waals surface area contributed by atoms with Crippen LogP contribution in [-0.2, 0) is 6.54 Å². The van der Waals surface area contributed by atoms with Crippen molar-refractivity contribution in [1.82, 2.24) is 5.32 Å². The van der Waals surface area contributed by atoms with Crippen LogP contribution in [0, 0.1) is 5.41 Å². The van der Waals surface area contributed by atoms with Crippen LogP contribution in [0.3, 0.4) is 0 Å². The molecular weight excluding hydrogens is 230 g/mol. The van der Waals surface area contributed by atoms with Crippen molar-refractivity contribution in [2.75, 3.05) is 0 Å². The second kappa shape index (κ2) is 6.42. The predicted octanol–water partition coefficient (Wildman–Crippen LogP) is 4.41. The Morgan fingerprint density at radius 1 is 0.941 bits per heavy atom. The monoisotopic (exact) mass is 255 g/mol. The molecule has 0 saturated heterocycles. The van der Waals surface area contributed by atoms with Crippen molar-refractivity contribution in [3.05, 3.63) is 35.9 Å². The molecule has 0 spiro atoms. The van der Waals surface area contributed by atoms with E-state index in [0.717, 1.165) is 6.54 Å². The van der Waals surface area contributed by atoms with Crippen molar-refractivity contribution in [1.29, 1.82) is 0 Å². The Labute approximate surface area is 112 Å². The molecule has 0 aliphatic carbocycles. The number of rotatable bonds is 4. The molecule has 0 heterocycles. The van der Waals surface area contributed by atoms with Gasteiger partial charge in [0.1, 0.15) is 0 Å². The highest BCUT2D eigenvalue weighted by Gasteiger charge is 2.24. The lowest BCUT2D eigenvalue weighted by Crippen LogP contribution is -2.41. The fraction of sp³-hybridized carbons (Fsp3) is 0.600. The van der Waals surface area contributed by atoms with E-state index in [0.29, 0.717) is 5.41 Å². The molecule has 0 fully saturated rings. The number of nitrogens with one attached hydrogen (secondary N) is 1. The number of halogens is 1. The lowest BCUT2D eigenvalue weighted by atomic mass is 9.82. The van der Waals surface area contributed by atoms with E-state index in [1.165, 1.54) is 12.0 Å². The Hall–Kier alpha value is -0.530. The van der Waals surface area contributed by atoms with Gasteiger partial charge in [-0.15, -0.1) is 12.4 Å². The summed E-state index contributed by atoms with van der Waals surface area (Å²) >= 11 is 0. The second-order valence-corrected chi connectivity index (χ2v) is 6.46. The van der Waals surface area contributed by atoms with Gasteiger partial charge in [-0.25, -0.2) is 0 Å². The van der Waals surface area contributed by atoms with E-state index in [4.69, 9.17) is 0 Å². The average molecular weight is 256 g/mol. The van der Waals surface area contributed by atoms with E-state index in [1.807, 2.05) is 0 Å². The standard InChI is InChI=1S/C15H25N.ClH/c1-14(2,3)12-15(4,5)16-11-13-9-7-6-8-10-13;/h6-10,16H,11-12H2,1-5H3;1H. The molecule has 1 nitrogen and oxygen atoms in total. The van der Waals surface area contributed by atoms with Crippen molar-refractivity contribution >= 4 is 12.4 Å². The minimum Gasteiger partial charge on any atom is -0.308 e. The molecule has 1 N–H and O–H groups in total. The molecule has 1 aromatic rings. The van der Waals surface area contributed by atoms with Crippen LogP contribution in [0.4, 0.5) is 0 Å². The normalized spacial score (nSPS) is 12.1. The fourth-order valence-corrected chi connectivity index (χ4v) is 2.33. The largest absolute Gasteiger partial charge is 0.308 e. The quantitative estimate of drug-likeness (QED) is 0.840. The Balaban J connectivity index is 0.00000256. The smallest absolute Gasteiger partial charge is 0.0210 e. The molecule has 0 unspecified atom stereocenters. The van der Waals surface area contributed by atoms with Crippen molar-refractivity contribution in [2.24, 2.45) is 5.41 Å². The molecule has 2 heteroatoms. The highest BCUT2D eigenvalue weighted by Crippen LogP contribution is 2.26. The molecule has 0 bridgehead atoms. The van der Waals surface area contributed by atoms with E-state index in [9.17, 15) is 0 Å². The van der Waals surface area contributed by atoms with Gasteiger partial charge in [-0.2, -0.15) is 0 Å². The Kier molecular flexibility index (Phi) is 6.22. The third kappa shape index (κ3) is 7.40. The van der Waals surface area contributed by atoms with Gasteiger partial charge in [0.25, 0.3) is 0 Å². The van der Waals surface area contributed by atoms with Gasteiger partial charge in [0.2, 0.25) is 0 Å². The molecule has 1 aromatic carbocycles. The lowest BCUT2D eigenvalue weighted by Gasteiger charge is -2.33. The first-order valence-electron chi connectivity index (χ1n) is 6.07. The van der Waals surface area contributed by atoms with E-state index < -0.39 is 0 Å². The van der Waals surface area contributed by atoms with Gasteiger partial charge < -0.3 is 5.32 Å². The van der Waals surface area contributed by atoms with Crippen LogP contribution < -0.4 is 5.32 Å². The molecule has 0 saturated carbocycles. The summed E-state index contributed by atoms with van der Waals surface area (Å²) in [4.78, 5) is 0. The molecule has 98 valence electrons. The number of benzene rings is 1. The van der Waals surface area contributed by atoms with Crippen molar-refractivity contribution < 1.29 is 0 Å². The summed E-state index contributed by atoms with van der Waals surface area (Å²) in [5.74, 6) is 0. The minimum atomic E-state index is 0. The SMILES string of the molecule is CC(C)(C)CC(C)(C)NCc1ccccc1.Cl. The first kappa shape index (κ1) is 16.5. The first-order chi connectivity index (χ1) is 7.29. The van der Waals surface area contributed by atoms with E-state index in [2.05, 4.69) is 70.3 Å². The summed E-state index contributed by atoms with van der Waals surface area (Å²) in [6.45, 7) is 12.4. The molecule has 1 rings (SSSR count). The molecule has 0 aliphatic rings. The van der Waals surface area contributed by atoms with Crippen LogP contribution >= 0.6 is 12.4 Å². The predicted molar refractivity (Wildman–Crippen MR) is 78.7 cm³/mol. The highest BCUT2D eigenvalue weighted by atomic mass is 35.5. The van der Waals surface area contributed by atoms with Crippen LogP contribution in [0.2, 0.25) is 0 Å². The maximum atomic E-state index is 3.63. The summed E-state index contributed by atoms with van der Waals surface area (Å²) < 4.78 is 0. The van der Waals surface area contributed by atoms with E-state index in [1.54, 1.807) is 0 Å². The van der Waals surface area contributed by atoms with Gasteiger partial charge in [-0.05, 0) is 31.2 Å². The number of hydrogen-bond acceptors (Lipinski definition) is 1. The summed E-state index contributed by atoms with van der Waals surface area (Å²) in [7, 11) is 0. The van der Waals surface area contributed by atoms with Gasteiger partial charge in [-0.3, -0.25) is 0 Å². The Morgan fingerprint density at radius 3 is 1.94 bits per heavy atom. The van der Waals surface area contributed by atoms with Crippen molar-refractivity contribution in [3.8, 4) is 0 Å². The second-order valence-electron chi connectivity index (χ2n) is 6.46. The van der Waals surface area contributed by atoms with Gasteiger partial charge in [0.15, 0.2) is 0 Å². The van der Waals surface area contributed by atoms with Crippen LogP contribution in [0.1, 0.15) is 46.6 Å². The third-order valence-corrected chi connectivity index (χ3v) is 2.59. The maximum Gasteiger partial charge on any atom is 0.0210 e. The van der Waals surface area contributed by atoms with E-state index >= 15 is 0 Å². The van der Waals surface area contributed by atoms with Gasteiger partial charge in [0.05, 0.1) is 0 Å². The summed E-state index contributed by atoms with van der Waals surface area (Å²) in [5, 5.41) is 3.63. The zero-order valence-corrected chi connectivity index (χ0v) is 12.5. The molecule has 0 radical (unpaired) electrons. The maximum absolute atomic E-state index is 3.63. The highest BCUT2D eigenvalue weighted by molar-refractivity contribution is 5.85. The third-order valence-electron chi connectivity index (χ3n) is 2.59. The Bertz CT molecular complexity index is 311. The first-order valence-corrected chi connectivity index (χ1v) is 6.07. The van der Waals surface area contributed by atoms with Crippen molar-refractivity contribution in [3.63, 3.8) is 0 Å². The molecule has 0 aromatic heterocycles. The van der Waals surface area contributed by atoms with Gasteiger partial charge in [0, 0.05) is 12.1 Å². The topological polar surface area (TPSA) is 12.0 Å². The molecular formula is C15H26ClN. The lowest BCUT2D eigenvalue weighted by molar-refractivity contribution is 0.241. The minimum absolute atomic E-state index is 0. The molecule has 0 aliphatic heterocycles. The average Bonchev–Trinajstić information content (AvgIpc) is 2.13. The Morgan fingerprint density at radius 2 is 1.47 bits per heavy atom. The molecule has 17 heavy (non-hydrogen) atoms. The van der Waals surface area contributed by atoms with Crippen LogP contribution in [0.15, 0.2) is 30.3 Å². The fourth-order valence-electron chi connectivity index (χ4n) is 2.33. The molecule has 0 atom stereocenters. The van der Waals surface area contributed by atoms with Crippen LogP contribution in [0.25, 0.3) is 0 Å². The van der Waals surface area contributed by atoms with Crippen LogP contribution in [0.5, 0.6) is 0 Å². The van der Waals surface area contributed by atoms with Crippen LogP contribution in [-0.4, -0.2) is 5.54 Å². The van der Waals surface area contributed by atoms with Gasteiger partial charge in [-0.1, -0.05) is 51.1 Å². The van der Waals surface area contributed by atoms with Crippen molar-refractivity contribution in [2.45, 2.75) is 53.1 Å². The summed E-state index contributed by atoms with van der Waals surface area (Å²) in [5.41, 5.74) is 1.91.